The fourth-order valence-corrected chi connectivity index (χ4v) is 3.73. The quantitative estimate of drug-likeness (QED) is 0.665. The molecule has 1 amide bonds. The largest absolute Gasteiger partial charge is 0.495 e. The first kappa shape index (κ1) is 19.0. The van der Waals surface area contributed by atoms with E-state index >= 15 is 0 Å². The Bertz CT molecular complexity index is 1110. The number of ketones is 1. The number of methoxy groups -OCH3 is 1. The first-order chi connectivity index (χ1) is 13.9. The monoisotopic (exact) mass is 410 g/mol. The highest BCUT2D eigenvalue weighted by atomic mass is 35.5. The maximum atomic E-state index is 12.9. The minimum atomic E-state index is -0.208. The summed E-state index contributed by atoms with van der Waals surface area (Å²) in [5.74, 6) is 0.0724. The molecule has 148 valence electrons. The lowest BCUT2D eigenvalue weighted by Crippen LogP contribution is -2.47. The van der Waals surface area contributed by atoms with E-state index in [4.69, 9.17) is 22.1 Å². The Morgan fingerprint density at radius 3 is 2.59 bits per heavy atom. The lowest BCUT2D eigenvalue weighted by molar-refractivity contribution is 0.0947. The van der Waals surface area contributed by atoms with Crippen molar-refractivity contribution in [1.29, 1.82) is 0 Å². The molecule has 0 fully saturated rings. The van der Waals surface area contributed by atoms with Crippen LogP contribution in [0.5, 0.6) is 5.75 Å². The van der Waals surface area contributed by atoms with Crippen LogP contribution in [-0.2, 0) is 6.54 Å². The molecule has 2 aromatic carbocycles. The van der Waals surface area contributed by atoms with E-state index in [1.165, 1.54) is 13.3 Å². The first-order valence-electron chi connectivity index (χ1n) is 9.04. The molecule has 8 heteroatoms. The van der Waals surface area contributed by atoms with Crippen LogP contribution in [0.25, 0.3) is 0 Å². The molecule has 4 rings (SSSR count). The number of aromatic nitrogens is 2. The van der Waals surface area contributed by atoms with Crippen LogP contribution in [0.1, 0.15) is 33.3 Å². The number of nitrogens with two attached hydrogens (primary N) is 1. The molecule has 2 heterocycles. The molecule has 3 aromatic rings. The zero-order chi connectivity index (χ0) is 20.7. The van der Waals surface area contributed by atoms with Gasteiger partial charge in [-0.25, -0.2) is 0 Å². The van der Waals surface area contributed by atoms with Crippen molar-refractivity contribution >= 4 is 34.7 Å². The zero-order valence-corrected chi connectivity index (χ0v) is 16.7. The Morgan fingerprint density at radius 2 is 1.90 bits per heavy atom. The maximum Gasteiger partial charge on any atom is 0.279 e. The molecule has 29 heavy (non-hydrogen) atoms. The SMILES string of the molecule is COc1cc(C(=O)c2ccc(N3C(=O)c4c(N)cnn4CC3C)cc2)ccc1Cl. The number of nitrogens with zero attached hydrogens (tertiary/aromatic N) is 3. The summed E-state index contributed by atoms with van der Waals surface area (Å²) in [6.45, 7) is 2.49. The van der Waals surface area contributed by atoms with Gasteiger partial charge in [0.05, 0.1) is 36.6 Å². The summed E-state index contributed by atoms with van der Waals surface area (Å²) in [5.41, 5.74) is 8.31. The highest BCUT2D eigenvalue weighted by Gasteiger charge is 2.33. The molecule has 1 aromatic heterocycles. The average molecular weight is 411 g/mol. The zero-order valence-electron chi connectivity index (χ0n) is 15.9. The van der Waals surface area contributed by atoms with Crippen molar-refractivity contribution in [2.24, 2.45) is 0 Å². The lowest BCUT2D eigenvalue weighted by Gasteiger charge is -2.34. The van der Waals surface area contributed by atoms with Crippen LogP contribution in [0.4, 0.5) is 11.4 Å². The molecule has 1 aliphatic rings. The molecule has 1 atom stereocenters. The van der Waals surface area contributed by atoms with Gasteiger partial charge in [-0.15, -0.1) is 0 Å². The summed E-state index contributed by atoms with van der Waals surface area (Å²) in [7, 11) is 1.50. The summed E-state index contributed by atoms with van der Waals surface area (Å²) in [5, 5.41) is 4.60. The van der Waals surface area contributed by atoms with Gasteiger partial charge in [0.2, 0.25) is 0 Å². The van der Waals surface area contributed by atoms with Crippen molar-refractivity contribution in [1.82, 2.24) is 9.78 Å². The second-order valence-corrected chi connectivity index (χ2v) is 7.29. The number of carbonyl (C=O) groups excluding carboxylic acids is 2. The minimum Gasteiger partial charge on any atom is -0.495 e. The van der Waals surface area contributed by atoms with E-state index in [0.29, 0.717) is 45.5 Å². The van der Waals surface area contributed by atoms with Crippen LogP contribution in [0.2, 0.25) is 5.02 Å². The summed E-state index contributed by atoms with van der Waals surface area (Å²) in [6, 6.07) is 11.7. The molecule has 1 unspecified atom stereocenters. The number of anilines is 2. The van der Waals surface area contributed by atoms with Crippen molar-refractivity contribution in [3.05, 3.63) is 70.5 Å². The van der Waals surface area contributed by atoms with Crippen molar-refractivity contribution in [3.8, 4) is 5.75 Å². The van der Waals surface area contributed by atoms with E-state index in [0.717, 1.165) is 0 Å². The Kier molecular flexibility index (Phi) is 4.76. The van der Waals surface area contributed by atoms with Crippen molar-refractivity contribution < 1.29 is 14.3 Å². The summed E-state index contributed by atoms with van der Waals surface area (Å²) >= 11 is 6.03. The number of benzene rings is 2. The third kappa shape index (κ3) is 3.23. The fourth-order valence-electron chi connectivity index (χ4n) is 3.53. The number of nitrogen functional groups attached to an aromatic ring is 1. The number of amides is 1. The van der Waals surface area contributed by atoms with Gasteiger partial charge in [-0.3, -0.25) is 14.3 Å². The fraction of sp³-hybridized carbons (Fsp3) is 0.190. The van der Waals surface area contributed by atoms with Gasteiger partial charge in [0.25, 0.3) is 5.91 Å². The number of ether oxygens (including phenoxy) is 1. The van der Waals surface area contributed by atoms with E-state index in [1.54, 1.807) is 52.0 Å². The van der Waals surface area contributed by atoms with Crippen LogP contribution < -0.4 is 15.4 Å². The average Bonchev–Trinajstić information content (AvgIpc) is 3.09. The lowest BCUT2D eigenvalue weighted by atomic mass is 10.0. The number of hydrogen-bond acceptors (Lipinski definition) is 5. The van der Waals surface area contributed by atoms with Crippen molar-refractivity contribution in [2.75, 3.05) is 17.7 Å². The Morgan fingerprint density at radius 1 is 1.21 bits per heavy atom. The molecular weight excluding hydrogens is 392 g/mol. The number of fused-ring (bicyclic) bond motifs is 1. The second-order valence-electron chi connectivity index (χ2n) is 6.88. The summed E-state index contributed by atoms with van der Waals surface area (Å²) in [6.07, 6.45) is 1.49. The highest BCUT2D eigenvalue weighted by molar-refractivity contribution is 6.32. The van der Waals surface area contributed by atoms with E-state index < -0.39 is 0 Å². The van der Waals surface area contributed by atoms with E-state index in [1.807, 2.05) is 6.92 Å². The first-order valence-corrected chi connectivity index (χ1v) is 9.41. The number of carbonyl (C=O) groups is 2. The van der Waals surface area contributed by atoms with Crippen LogP contribution in [0.15, 0.2) is 48.7 Å². The standard InChI is InChI=1S/C21H19ClN4O3/c1-12-11-25-19(17(23)10-24-25)21(28)26(12)15-6-3-13(4-7-15)20(27)14-5-8-16(22)18(9-14)29-2/h3-10,12H,11,23H2,1-2H3. The molecule has 0 saturated carbocycles. The maximum absolute atomic E-state index is 12.9. The van der Waals surface area contributed by atoms with Gasteiger partial charge in [0.15, 0.2) is 5.78 Å². The van der Waals surface area contributed by atoms with Gasteiger partial charge in [0, 0.05) is 16.8 Å². The summed E-state index contributed by atoms with van der Waals surface area (Å²) in [4.78, 5) is 27.4. The third-order valence-electron chi connectivity index (χ3n) is 4.99. The minimum absolute atomic E-state index is 0.101. The molecule has 1 aliphatic heterocycles. The van der Waals surface area contributed by atoms with Crippen LogP contribution >= 0.6 is 11.6 Å². The van der Waals surface area contributed by atoms with Gasteiger partial charge in [-0.2, -0.15) is 5.10 Å². The Labute approximate surface area is 172 Å². The highest BCUT2D eigenvalue weighted by Crippen LogP contribution is 2.29. The van der Waals surface area contributed by atoms with Gasteiger partial charge in [-0.05, 0) is 49.4 Å². The van der Waals surface area contributed by atoms with Crippen LogP contribution in [-0.4, -0.2) is 34.6 Å². The molecule has 0 saturated heterocycles. The van der Waals surface area contributed by atoms with Gasteiger partial charge >= 0.3 is 0 Å². The van der Waals surface area contributed by atoms with E-state index in [9.17, 15) is 9.59 Å². The summed E-state index contributed by atoms with van der Waals surface area (Å²) < 4.78 is 6.81. The molecule has 0 radical (unpaired) electrons. The smallest absolute Gasteiger partial charge is 0.279 e. The topological polar surface area (TPSA) is 90.4 Å². The number of halogens is 1. The second kappa shape index (κ2) is 7.25. The molecule has 0 spiro atoms. The molecular formula is C21H19ClN4O3. The van der Waals surface area contributed by atoms with Crippen LogP contribution in [0, 0.1) is 0 Å². The molecule has 7 nitrogen and oxygen atoms in total. The number of hydrogen-bond donors (Lipinski definition) is 1. The predicted molar refractivity (Wildman–Crippen MR) is 111 cm³/mol. The molecule has 0 bridgehead atoms. The van der Waals surface area contributed by atoms with Crippen LogP contribution in [0.3, 0.4) is 0 Å². The van der Waals surface area contributed by atoms with E-state index in [2.05, 4.69) is 5.10 Å². The molecule has 0 aliphatic carbocycles. The number of rotatable bonds is 4. The van der Waals surface area contributed by atoms with Crippen molar-refractivity contribution in [2.45, 2.75) is 19.5 Å². The normalized spacial score (nSPS) is 15.9. The van der Waals surface area contributed by atoms with Gasteiger partial charge < -0.3 is 15.4 Å². The van der Waals surface area contributed by atoms with Gasteiger partial charge in [-0.1, -0.05) is 11.6 Å². The Balaban J connectivity index is 1.62. The Hall–Kier alpha value is -3.32. The predicted octanol–water partition coefficient (Wildman–Crippen LogP) is 3.41. The van der Waals surface area contributed by atoms with Crippen molar-refractivity contribution in [3.63, 3.8) is 0 Å². The van der Waals surface area contributed by atoms with Gasteiger partial charge in [0.1, 0.15) is 11.4 Å². The van der Waals surface area contributed by atoms with E-state index in [-0.39, 0.29) is 17.7 Å². The third-order valence-corrected chi connectivity index (χ3v) is 5.30. The molecule has 2 N–H and O–H groups in total.